The molecule has 13 heavy (non-hydrogen) atoms. The van der Waals surface area contributed by atoms with Crippen LogP contribution in [0.25, 0.3) is 0 Å². The van der Waals surface area contributed by atoms with E-state index in [-0.39, 0.29) is 10.6 Å². The standard InChI is InChI=1S/C7H7NO4S/c1-12-7(9)5-2-3-8-6(4-5)13(10)11/h2-4,13H,1H3. The Hall–Kier alpha value is -1.43. The number of carbonyl (C=O) groups excluding carboxylic acids is 1. The Balaban J connectivity index is 3.12. The topological polar surface area (TPSA) is 73.3 Å². The molecule has 0 fully saturated rings. The average Bonchev–Trinajstić information content (AvgIpc) is 2.17. The van der Waals surface area contributed by atoms with Crippen LogP contribution in [0, 0.1) is 0 Å². The SMILES string of the molecule is COC(=O)c1ccnc([SH](=O)=O)c1. The van der Waals surface area contributed by atoms with E-state index in [0.29, 0.717) is 0 Å². The predicted octanol–water partition coefficient (Wildman–Crippen LogP) is -0.162. The molecule has 0 amide bonds. The van der Waals surface area contributed by atoms with Gasteiger partial charge in [0.2, 0.25) is 0 Å². The molecule has 0 aromatic carbocycles. The summed E-state index contributed by atoms with van der Waals surface area (Å²) >= 11 is 0. The monoisotopic (exact) mass is 201 g/mol. The third-order valence-electron chi connectivity index (χ3n) is 1.35. The fourth-order valence-corrected chi connectivity index (χ4v) is 1.17. The van der Waals surface area contributed by atoms with Crippen molar-refractivity contribution in [2.24, 2.45) is 0 Å². The average molecular weight is 201 g/mol. The van der Waals surface area contributed by atoms with Crippen molar-refractivity contribution in [1.82, 2.24) is 4.98 Å². The number of esters is 1. The summed E-state index contributed by atoms with van der Waals surface area (Å²) in [6.45, 7) is 0. The van der Waals surface area contributed by atoms with Gasteiger partial charge in [-0.05, 0) is 12.1 Å². The molecular formula is C7H7NO4S. The molecule has 0 atom stereocenters. The molecule has 0 bridgehead atoms. The molecule has 0 aliphatic heterocycles. The van der Waals surface area contributed by atoms with Gasteiger partial charge in [-0.25, -0.2) is 18.2 Å². The largest absolute Gasteiger partial charge is 0.465 e. The summed E-state index contributed by atoms with van der Waals surface area (Å²) in [7, 11) is -1.54. The van der Waals surface area contributed by atoms with Crippen molar-refractivity contribution in [3.8, 4) is 0 Å². The van der Waals surface area contributed by atoms with Crippen LogP contribution in [-0.4, -0.2) is 26.5 Å². The van der Waals surface area contributed by atoms with Crippen LogP contribution < -0.4 is 0 Å². The van der Waals surface area contributed by atoms with Gasteiger partial charge in [0.15, 0.2) is 15.7 Å². The van der Waals surface area contributed by atoms with Crippen molar-refractivity contribution in [2.75, 3.05) is 7.11 Å². The highest BCUT2D eigenvalue weighted by molar-refractivity contribution is 7.72. The van der Waals surface area contributed by atoms with Gasteiger partial charge < -0.3 is 4.74 Å². The minimum atomic E-state index is -2.76. The summed E-state index contributed by atoms with van der Waals surface area (Å²) in [5.74, 6) is -0.583. The van der Waals surface area contributed by atoms with Crippen LogP contribution in [0.4, 0.5) is 0 Å². The Morgan fingerprint density at radius 3 is 2.77 bits per heavy atom. The number of nitrogens with zero attached hydrogens (tertiary/aromatic N) is 1. The molecule has 0 aliphatic rings. The van der Waals surface area contributed by atoms with Crippen molar-refractivity contribution < 1.29 is 17.9 Å². The summed E-state index contributed by atoms with van der Waals surface area (Å²) in [4.78, 5) is 14.5. The number of pyridine rings is 1. The molecule has 0 saturated carbocycles. The van der Waals surface area contributed by atoms with E-state index in [1.54, 1.807) is 0 Å². The Labute approximate surface area is 76.3 Å². The fraction of sp³-hybridized carbons (Fsp3) is 0.143. The summed E-state index contributed by atoms with van der Waals surface area (Å²) in [5, 5.41) is -0.141. The maximum atomic E-state index is 10.9. The van der Waals surface area contributed by atoms with E-state index in [9.17, 15) is 13.2 Å². The molecular weight excluding hydrogens is 194 g/mol. The maximum Gasteiger partial charge on any atom is 0.338 e. The molecule has 6 heteroatoms. The molecule has 0 spiro atoms. The van der Waals surface area contributed by atoms with Crippen LogP contribution in [0.3, 0.4) is 0 Å². The lowest BCUT2D eigenvalue weighted by Gasteiger charge is -1.97. The molecule has 1 rings (SSSR count). The van der Waals surface area contributed by atoms with Gasteiger partial charge in [0.25, 0.3) is 0 Å². The van der Waals surface area contributed by atoms with Gasteiger partial charge in [-0.2, -0.15) is 0 Å². The molecule has 0 saturated heterocycles. The molecule has 70 valence electrons. The second-order valence-electron chi connectivity index (χ2n) is 2.15. The van der Waals surface area contributed by atoms with Gasteiger partial charge in [-0.15, -0.1) is 0 Å². The number of methoxy groups -OCH3 is 1. The van der Waals surface area contributed by atoms with E-state index < -0.39 is 16.7 Å². The maximum absolute atomic E-state index is 10.9. The molecule has 0 aliphatic carbocycles. The van der Waals surface area contributed by atoms with Crippen LogP contribution in [0.1, 0.15) is 10.4 Å². The van der Waals surface area contributed by atoms with Crippen LogP contribution in [0.15, 0.2) is 23.4 Å². The first kappa shape index (κ1) is 9.66. The highest BCUT2D eigenvalue weighted by Crippen LogP contribution is 2.03. The van der Waals surface area contributed by atoms with Crippen LogP contribution in [-0.2, 0) is 15.4 Å². The summed E-state index contributed by atoms with van der Waals surface area (Å²) in [5.41, 5.74) is 0.173. The number of rotatable bonds is 2. The third-order valence-corrected chi connectivity index (χ3v) is 1.97. The van der Waals surface area contributed by atoms with Gasteiger partial charge in [0, 0.05) is 6.20 Å². The zero-order chi connectivity index (χ0) is 9.84. The quantitative estimate of drug-likeness (QED) is 0.531. The molecule has 0 N–H and O–H groups in total. The first-order valence-corrected chi connectivity index (χ1v) is 4.51. The van der Waals surface area contributed by atoms with E-state index in [4.69, 9.17) is 0 Å². The second kappa shape index (κ2) is 3.99. The Kier molecular flexibility index (Phi) is 2.97. The highest BCUT2D eigenvalue weighted by atomic mass is 32.2. The predicted molar refractivity (Wildman–Crippen MR) is 44.2 cm³/mol. The van der Waals surface area contributed by atoms with E-state index >= 15 is 0 Å². The normalized spacial score (nSPS) is 10.0. The number of aromatic nitrogens is 1. The molecule has 1 aromatic rings. The van der Waals surface area contributed by atoms with Crippen LogP contribution >= 0.6 is 0 Å². The lowest BCUT2D eigenvalue weighted by Crippen LogP contribution is -2.02. The Bertz CT molecular complexity index is 391. The van der Waals surface area contributed by atoms with Gasteiger partial charge in [0.05, 0.1) is 12.7 Å². The van der Waals surface area contributed by atoms with Crippen molar-refractivity contribution in [2.45, 2.75) is 5.03 Å². The second-order valence-corrected chi connectivity index (χ2v) is 3.12. The summed E-state index contributed by atoms with van der Waals surface area (Å²) in [6.07, 6.45) is 1.24. The number of ether oxygens (including phenoxy) is 1. The van der Waals surface area contributed by atoms with Gasteiger partial charge in [-0.1, -0.05) is 0 Å². The van der Waals surface area contributed by atoms with Crippen LogP contribution in [0.5, 0.6) is 0 Å². The zero-order valence-electron chi connectivity index (χ0n) is 6.76. The summed E-state index contributed by atoms with van der Waals surface area (Å²) in [6, 6.07) is 2.55. The number of thiol groups is 1. The molecule has 0 unspecified atom stereocenters. The van der Waals surface area contributed by atoms with E-state index in [1.807, 2.05) is 0 Å². The van der Waals surface area contributed by atoms with Gasteiger partial charge >= 0.3 is 5.97 Å². The minimum Gasteiger partial charge on any atom is -0.465 e. The van der Waals surface area contributed by atoms with Crippen molar-refractivity contribution in [3.05, 3.63) is 23.9 Å². The van der Waals surface area contributed by atoms with E-state index in [0.717, 1.165) is 6.07 Å². The van der Waals surface area contributed by atoms with Gasteiger partial charge in [0.1, 0.15) is 0 Å². The molecule has 1 heterocycles. The van der Waals surface area contributed by atoms with Crippen molar-refractivity contribution in [1.29, 1.82) is 0 Å². The van der Waals surface area contributed by atoms with Crippen molar-refractivity contribution >= 4 is 16.7 Å². The van der Waals surface area contributed by atoms with Gasteiger partial charge in [-0.3, -0.25) is 0 Å². The minimum absolute atomic E-state index is 0.141. The lowest BCUT2D eigenvalue weighted by molar-refractivity contribution is 0.0600. The zero-order valence-corrected chi connectivity index (χ0v) is 7.65. The smallest absolute Gasteiger partial charge is 0.338 e. The first-order valence-electron chi connectivity index (χ1n) is 3.34. The fourth-order valence-electron chi connectivity index (χ4n) is 0.763. The lowest BCUT2D eigenvalue weighted by atomic mass is 10.3. The van der Waals surface area contributed by atoms with Crippen LogP contribution in [0.2, 0.25) is 0 Å². The summed E-state index contributed by atoms with van der Waals surface area (Å²) < 4.78 is 25.4. The Morgan fingerprint density at radius 2 is 2.23 bits per heavy atom. The Morgan fingerprint density at radius 1 is 1.54 bits per heavy atom. The highest BCUT2D eigenvalue weighted by Gasteiger charge is 2.06. The number of carbonyl (C=O) groups is 1. The van der Waals surface area contributed by atoms with E-state index in [1.165, 1.54) is 19.4 Å². The van der Waals surface area contributed by atoms with E-state index in [2.05, 4.69) is 9.72 Å². The molecule has 5 nitrogen and oxygen atoms in total. The number of hydrogen-bond acceptors (Lipinski definition) is 5. The first-order chi connectivity index (χ1) is 6.15. The third kappa shape index (κ3) is 2.25. The number of hydrogen-bond donors (Lipinski definition) is 1. The van der Waals surface area contributed by atoms with Crippen molar-refractivity contribution in [3.63, 3.8) is 0 Å². The molecule has 0 radical (unpaired) electrons. The molecule has 1 aromatic heterocycles.